The molecule has 0 spiro atoms. The van der Waals surface area contributed by atoms with E-state index in [0.29, 0.717) is 5.56 Å². The summed E-state index contributed by atoms with van der Waals surface area (Å²) in [7, 11) is -8.58. The molecule has 104 valence electrons. The van der Waals surface area contributed by atoms with Crippen LogP contribution in [-0.4, -0.2) is 29.3 Å². The van der Waals surface area contributed by atoms with Crippen molar-refractivity contribution in [2.24, 2.45) is 0 Å². The van der Waals surface area contributed by atoms with E-state index in [1.54, 1.807) is 0 Å². The van der Waals surface area contributed by atoms with Gasteiger partial charge in [-0.2, -0.15) is 4.67 Å². The lowest BCUT2D eigenvalue weighted by molar-refractivity contribution is -0.146. The second-order valence-electron chi connectivity index (χ2n) is 3.82. The van der Waals surface area contributed by atoms with Crippen LogP contribution in [0.3, 0.4) is 0 Å². The van der Waals surface area contributed by atoms with Gasteiger partial charge in [0.25, 0.3) is 0 Å². The number of rotatable bonds is 4. The van der Waals surface area contributed by atoms with Gasteiger partial charge in [0.2, 0.25) is 0 Å². The van der Waals surface area contributed by atoms with Crippen LogP contribution >= 0.6 is 15.2 Å². The van der Waals surface area contributed by atoms with Crippen molar-refractivity contribution < 1.29 is 33.7 Å². The zero-order chi connectivity index (χ0) is 14.3. The molecule has 0 aromatic carbocycles. The monoisotopic (exact) mass is 308 g/mol. The Morgan fingerprint density at radius 2 is 1.89 bits per heavy atom. The summed E-state index contributed by atoms with van der Waals surface area (Å²) in [6, 6.07) is 2.86. The maximum Gasteiger partial charge on any atom is 0.376 e. The zero-order valence-electron chi connectivity index (χ0n) is 9.32. The Morgan fingerprint density at radius 1 is 1.21 bits per heavy atom. The molecule has 4 N–H and O–H groups in total. The minimum absolute atomic E-state index is 0.278. The molecule has 1 atom stereocenters. The lowest BCUT2D eigenvalue weighted by Gasteiger charge is -2.06. The summed E-state index contributed by atoms with van der Waals surface area (Å²) in [4.78, 5) is 30.8. The molecule has 11 heteroatoms. The van der Waals surface area contributed by atoms with Crippen molar-refractivity contribution in [3.63, 3.8) is 0 Å². The Morgan fingerprint density at radius 3 is 2.47 bits per heavy atom. The van der Waals surface area contributed by atoms with Crippen molar-refractivity contribution in [3.8, 4) is 0 Å². The molecule has 9 nitrogen and oxygen atoms in total. The first-order valence-electron chi connectivity index (χ1n) is 4.90. The summed E-state index contributed by atoms with van der Waals surface area (Å²) in [6.45, 7) is 0. The topological polar surface area (TPSA) is 142 Å². The number of hydrogen-bond donors (Lipinski definition) is 4. The first kappa shape index (κ1) is 14.4. The van der Waals surface area contributed by atoms with Gasteiger partial charge in [0, 0.05) is 12.4 Å². The molecule has 2 aromatic rings. The summed E-state index contributed by atoms with van der Waals surface area (Å²) >= 11 is 0. The molecule has 0 saturated carbocycles. The smallest absolute Gasteiger partial charge is 0.323 e. The normalized spacial score (nSPS) is 15.6. The van der Waals surface area contributed by atoms with E-state index in [-0.39, 0.29) is 5.65 Å². The summed E-state index contributed by atoms with van der Waals surface area (Å²) < 4.78 is 27.0. The number of aromatic nitrogens is 2. The number of fused-ring (bicyclic) bond motifs is 1. The molecule has 2 heterocycles. The number of pyridine rings is 1. The molecule has 2 rings (SSSR count). The molecule has 19 heavy (non-hydrogen) atoms. The number of nitrogens with zero attached hydrogens (tertiary/aromatic N) is 2. The molecule has 0 aliphatic heterocycles. The van der Waals surface area contributed by atoms with E-state index in [0.717, 1.165) is 6.20 Å². The maximum atomic E-state index is 11.2. The van der Waals surface area contributed by atoms with Gasteiger partial charge in [-0.3, -0.25) is 9.13 Å². The Balaban J connectivity index is 2.41. The second kappa shape index (κ2) is 4.81. The Kier molecular flexibility index (Phi) is 3.63. The van der Waals surface area contributed by atoms with Crippen LogP contribution in [0.2, 0.25) is 0 Å². The van der Waals surface area contributed by atoms with Crippen molar-refractivity contribution in [2.45, 2.75) is 6.16 Å². The van der Waals surface area contributed by atoms with Crippen molar-refractivity contribution in [1.29, 1.82) is 0 Å². The van der Waals surface area contributed by atoms with Gasteiger partial charge < -0.3 is 19.1 Å². The molecular formula is C8H10N2O7P2. The lowest BCUT2D eigenvalue weighted by atomic mass is 10.3. The van der Waals surface area contributed by atoms with Crippen LogP contribution in [0.15, 0.2) is 24.5 Å². The molecule has 0 aliphatic rings. The maximum absolute atomic E-state index is 11.2. The minimum atomic E-state index is -4.45. The van der Waals surface area contributed by atoms with Crippen LogP contribution in [0, 0.1) is 0 Å². The van der Waals surface area contributed by atoms with Crippen molar-refractivity contribution in [1.82, 2.24) is 9.38 Å². The minimum Gasteiger partial charge on any atom is -0.323 e. The predicted octanol–water partition coefficient (Wildman–Crippen LogP) is 0.312. The van der Waals surface area contributed by atoms with Crippen molar-refractivity contribution >= 4 is 26.3 Å². The third kappa shape index (κ3) is 3.29. The van der Waals surface area contributed by atoms with Crippen LogP contribution in [-0.2, 0) is 20.0 Å². The summed E-state index contributed by atoms with van der Waals surface area (Å²) in [5, 5.41) is 8.24. The number of imidazole rings is 1. The van der Waals surface area contributed by atoms with Gasteiger partial charge in [0.15, 0.2) is 5.44 Å². The molecule has 0 bridgehead atoms. The van der Waals surface area contributed by atoms with Gasteiger partial charge in [-0.25, -0.2) is 10.2 Å². The quantitative estimate of drug-likeness (QED) is 0.359. The SMILES string of the molecule is O=P(O)(Cc1ccc2nc(P(=O)(O)O)cn2c1)OO. The average Bonchev–Trinajstić information content (AvgIpc) is 2.71. The average molecular weight is 308 g/mol. The largest absolute Gasteiger partial charge is 0.376 e. The fraction of sp³-hybridized carbons (Fsp3) is 0.125. The molecule has 0 amide bonds. The van der Waals surface area contributed by atoms with E-state index in [9.17, 15) is 9.13 Å². The molecule has 1 unspecified atom stereocenters. The summed E-state index contributed by atoms with van der Waals surface area (Å²) in [5.41, 5.74) is 0.219. The summed E-state index contributed by atoms with van der Waals surface area (Å²) in [5.74, 6) is 0. The van der Waals surface area contributed by atoms with Gasteiger partial charge in [-0.05, 0) is 11.6 Å². The zero-order valence-corrected chi connectivity index (χ0v) is 11.1. The van der Waals surface area contributed by atoms with Crippen LogP contribution < -0.4 is 5.44 Å². The van der Waals surface area contributed by atoms with Gasteiger partial charge in [-0.15, -0.1) is 0 Å². The van der Waals surface area contributed by atoms with E-state index in [4.69, 9.17) is 19.9 Å². The molecule has 0 aliphatic carbocycles. The fourth-order valence-corrected chi connectivity index (χ4v) is 2.73. The van der Waals surface area contributed by atoms with Crippen molar-refractivity contribution in [3.05, 3.63) is 30.1 Å². The number of hydrogen-bond acceptors (Lipinski definition) is 5. The van der Waals surface area contributed by atoms with Crippen molar-refractivity contribution in [2.75, 3.05) is 0 Å². The lowest BCUT2D eigenvalue weighted by Crippen LogP contribution is -2.03. The first-order chi connectivity index (χ1) is 8.71. The summed E-state index contributed by atoms with van der Waals surface area (Å²) in [6.07, 6.45) is 2.05. The van der Waals surface area contributed by atoms with E-state index in [1.165, 1.54) is 22.7 Å². The third-order valence-electron chi connectivity index (χ3n) is 2.31. The predicted molar refractivity (Wildman–Crippen MR) is 64.1 cm³/mol. The van der Waals surface area contributed by atoms with Crippen LogP contribution in [0.4, 0.5) is 0 Å². The van der Waals surface area contributed by atoms with Crippen LogP contribution in [0.1, 0.15) is 5.56 Å². The van der Waals surface area contributed by atoms with E-state index in [2.05, 4.69) is 9.66 Å². The molecule has 0 radical (unpaired) electrons. The van der Waals surface area contributed by atoms with E-state index in [1.807, 2.05) is 0 Å². The molecule has 0 saturated heterocycles. The van der Waals surface area contributed by atoms with E-state index < -0.39 is 26.8 Å². The molecular weight excluding hydrogens is 298 g/mol. The Hall–Kier alpha value is -1.05. The highest BCUT2D eigenvalue weighted by Gasteiger charge is 2.23. The highest BCUT2D eigenvalue weighted by molar-refractivity contribution is 7.60. The van der Waals surface area contributed by atoms with Gasteiger partial charge >= 0.3 is 15.2 Å². The Bertz CT molecular complexity index is 706. The highest BCUT2D eigenvalue weighted by Crippen LogP contribution is 2.44. The van der Waals surface area contributed by atoms with Gasteiger partial charge in [0.05, 0.1) is 6.16 Å². The van der Waals surface area contributed by atoms with Crippen LogP contribution in [0.5, 0.6) is 0 Å². The first-order valence-corrected chi connectivity index (χ1v) is 8.27. The van der Waals surface area contributed by atoms with E-state index >= 15 is 0 Å². The Labute approximate surface area is 106 Å². The fourth-order valence-electron chi connectivity index (χ4n) is 1.52. The molecule has 2 aromatic heterocycles. The van der Waals surface area contributed by atoms with Gasteiger partial charge in [0.1, 0.15) is 5.65 Å². The molecule has 0 fully saturated rings. The highest BCUT2D eigenvalue weighted by atomic mass is 31.2. The third-order valence-corrected chi connectivity index (χ3v) is 4.14. The van der Waals surface area contributed by atoms with Gasteiger partial charge in [-0.1, -0.05) is 6.07 Å². The van der Waals surface area contributed by atoms with Crippen LogP contribution in [0.25, 0.3) is 5.65 Å². The second-order valence-corrected chi connectivity index (χ2v) is 7.12. The standard InChI is InChI=1S/C8H10N2O7P2/c11-17-18(12,13)5-6-1-2-7-9-8(19(14,15)16)4-10(7)3-6/h1-4,11H,5H2,(H,12,13)(H2,14,15,16).